The quantitative estimate of drug-likeness (QED) is 0.747. The zero-order chi connectivity index (χ0) is 12.4. The fourth-order valence-electron chi connectivity index (χ4n) is 1.78. The van der Waals surface area contributed by atoms with Crippen LogP contribution in [-0.4, -0.2) is 31.7 Å². The molecule has 0 atom stereocenters. The summed E-state index contributed by atoms with van der Waals surface area (Å²) in [5.74, 6) is 1.62. The Kier molecular flexibility index (Phi) is 2.89. The third kappa shape index (κ3) is 2.17. The Morgan fingerprint density at radius 1 is 1.39 bits per heavy atom. The summed E-state index contributed by atoms with van der Waals surface area (Å²) >= 11 is 1.57. The van der Waals surface area contributed by atoms with Crippen molar-refractivity contribution in [2.45, 2.75) is 13.3 Å². The molecule has 3 aromatic heterocycles. The number of hydrogen-bond acceptors (Lipinski definition) is 6. The van der Waals surface area contributed by atoms with E-state index in [0.717, 1.165) is 40.6 Å². The molecule has 2 N–H and O–H groups in total. The summed E-state index contributed by atoms with van der Waals surface area (Å²) in [6, 6.07) is 1.97. The molecule has 7 heteroatoms. The van der Waals surface area contributed by atoms with Crippen LogP contribution in [0.5, 0.6) is 0 Å². The smallest absolute Gasteiger partial charge is 0.143 e. The highest BCUT2D eigenvalue weighted by atomic mass is 32.1. The molecule has 0 aliphatic heterocycles. The van der Waals surface area contributed by atoms with Crippen LogP contribution in [0.15, 0.2) is 17.8 Å². The first-order valence-electron chi connectivity index (χ1n) is 5.63. The molecule has 3 rings (SSSR count). The second-order valence-electron chi connectivity index (χ2n) is 3.87. The fourth-order valence-corrected chi connectivity index (χ4v) is 2.31. The number of aromatic nitrogens is 5. The van der Waals surface area contributed by atoms with Crippen LogP contribution in [0.1, 0.15) is 10.8 Å². The third-order valence-corrected chi connectivity index (χ3v) is 3.32. The maximum Gasteiger partial charge on any atom is 0.143 e. The molecule has 3 heterocycles. The molecular weight excluding hydrogens is 248 g/mol. The second kappa shape index (κ2) is 4.69. The van der Waals surface area contributed by atoms with E-state index in [-0.39, 0.29) is 0 Å². The van der Waals surface area contributed by atoms with E-state index in [2.05, 4.69) is 30.5 Å². The van der Waals surface area contributed by atoms with Crippen LogP contribution in [0.25, 0.3) is 11.0 Å². The molecule has 0 spiro atoms. The number of fused-ring (bicyclic) bond motifs is 1. The number of rotatable bonds is 4. The minimum absolute atomic E-state index is 0.753. The van der Waals surface area contributed by atoms with Gasteiger partial charge in [-0.2, -0.15) is 0 Å². The molecule has 0 saturated carbocycles. The molecule has 92 valence electrons. The topological polar surface area (TPSA) is 79.4 Å². The summed E-state index contributed by atoms with van der Waals surface area (Å²) in [5, 5.41) is 13.2. The van der Waals surface area contributed by atoms with Gasteiger partial charge in [0.15, 0.2) is 0 Å². The lowest BCUT2D eigenvalue weighted by molar-refractivity contribution is 0.933. The Morgan fingerprint density at radius 3 is 3.17 bits per heavy atom. The normalized spacial score (nSPS) is 10.9. The van der Waals surface area contributed by atoms with E-state index in [9.17, 15) is 0 Å². The van der Waals surface area contributed by atoms with Gasteiger partial charge in [0.1, 0.15) is 27.8 Å². The van der Waals surface area contributed by atoms with Gasteiger partial charge in [-0.25, -0.2) is 9.97 Å². The Hall–Kier alpha value is -2.02. The van der Waals surface area contributed by atoms with Crippen LogP contribution in [0.2, 0.25) is 0 Å². The van der Waals surface area contributed by atoms with Crippen molar-refractivity contribution in [2.24, 2.45) is 0 Å². The Bertz CT molecular complexity index is 645. The van der Waals surface area contributed by atoms with Crippen molar-refractivity contribution < 1.29 is 0 Å². The average molecular weight is 260 g/mol. The first kappa shape index (κ1) is 11.1. The van der Waals surface area contributed by atoms with Gasteiger partial charge in [-0.3, -0.25) is 0 Å². The van der Waals surface area contributed by atoms with Crippen LogP contribution in [0.4, 0.5) is 5.82 Å². The monoisotopic (exact) mass is 260 g/mol. The molecule has 0 amide bonds. The first-order chi connectivity index (χ1) is 8.83. The summed E-state index contributed by atoms with van der Waals surface area (Å²) in [5.41, 5.74) is 2.61. The van der Waals surface area contributed by atoms with E-state index in [4.69, 9.17) is 0 Å². The van der Waals surface area contributed by atoms with Crippen molar-refractivity contribution in [3.8, 4) is 0 Å². The minimum atomic E-state index is 0.753. The number of nitrogens with zero attached hydrogens (tertiary/aromatic N) is 4. The molecule has 6 nitrogen and oxygen atoms in total. The Balaban J connectivity index is 1.75. The number of aryl methyl sites for hydroxylation is 1. The lowest BCUT2D eigenvalue weighted by atomic mass is 10.3. The van der Waals surface area contributed by atoms with E-state index < -0.39 is 0 Å². The van der Waals surface area contributed by atoms with Gasteiger partial charge in [-0.15, -0.1) is 21.5 Å². The van der Waals surface area contributed by atoms with E-state index in [0.29, 0.717) is 0 Å². The predicted molar refractivity (Wildman–Crippen MR) is 70.7 cm³/mol. The van der Waals surface area contributed by atoms with Crippen molar-refractivity contribution in [2.75, 3.05) is 11.9 Å². The molecule has 0 aliphatic rings. The van der Waals surface area contributed by atoms with Gasteiger partial charge >= 0.3 is 0 Å². The van der Waals surface area contributed by atoms with E-state index in [1.807, 2.05) is 19.2 Å². The highest BCUT2D eigenvalue weighted by Crippen LogP contribution is 2.18. The van der Waals surface area contributed by atoms with Crippen molar-refractivity contribution >= 4 is 28.2 Å². The largest absolute Gasteiger partial charge is 0.369 e. The predicted octanol–water partition coefficient (Wildman–Crippen LogP) is 1.77. The van der Waals surface area contributed by atoms with Crippen LogP contribution in [-0.2, 0) is 6.42 Å². The summed E-state index contributed by atoms with van der Waals surface area (Å²) in [7, 11) is 0. The number of nitrogens with one attached hydrogen (secondary N) is 2. The maximum absolute atomic E-state index is 4.42. The van der Waals surface area contributed by atoms with Crippen molar-refractivity contribution in [1.82, 2.24) is 25.1 Å². The van der Waals surface area contributed by atoms with Crippen LogP contribution in [0, 0.1) is 6.92 Å². The zero-order valence-electron chi connectivity index (χ0n) is 9.84. The van der Waals surface area contributed by atoms with Crippen molar-refractivity contribution in [3.05, 3.63) is 28.6 Å². The summed E-state index contributed by atoms with van der Waals surface area (Å²) in [6.07, 6.45) is 2.72. The van der Waals surface area contributed by atoms with Gasteiger partial charge in [-0.1, -0.05) is 0 Å². The standard InChI is InChI=1S/C11H12N6S/c1-7-15-10-8(2-4-12-10)11(16-7)13-5-3-9-17-14-6-18-9/h2,4,6H,3,5H2,1H3,(H2,12,13,15,16). The highest BCUT2D eigenvalue weighted by molar-refractivity contribution is 7.09. The summed E-state index contributed by atoms with van der Waals surface area (Å²) < 4.78 is 0. The highest BCUT2D eigenvalue weighted by Gasteiger charge is 2.06. The van der Waals surface area contributed by atoms with Gasteiger partial charge in [0.25, 0.3) is 0 Å². The fraction of sp³-hybridized carbons (Fsp3) is 0.273. The molecule has 3 aromatic rings. The number of anilines is 1. The van der Waals surface area contributed by atoms with E-state index in [1.54, 1.807) is 16.8 Å². The van der Waals surface area contributed by atoms with Crippen LogP contribution < -0.4 is 5.32 Å². The van der Waals surface area contributed by atoms with Crippen molar-refractivity contribution in [3.63, 3.8) is 0 Å². The first-order valence-corrected chi connectivity index (χ1v) is 6.51. The number of hydrogen-bond donors (Lipinski definition) is 2. The SMILES string of the molecule is Cc1nc(NCCc2nncs2)c2cc[nH]c2n1. The van der Waals surface area contributed by atoms with Crippen LogP contribution in [0.3, 0.4) is 0 Å². The Labute approximate surface area is 108 Å². The van der Waals surface area contributed by atoms with Gasteiger partial charge < -0.3 is 10.3 Å². The van der Waals surface area contributed by atoms with E-state index >= 15 is 0 Å². The second-order valence-corrected chi connectivity index (χ2v) is 4.79. The molecule has 0 fully saturated rings. The van der Waals surface area contributed by atoms with Gasteiger partial charge in [-0.05, 0) is 13.0 Å². The van der Waals surface area contributed by atoms with Gasteiger partial charge in [0.2, 0.25) is 0 Å². The van der Waals surface area contributed by atoms with Gasteiger partial charge in [0.05, 0.1) is 5.39 Å². The molecule has 0 unspecified atom stereocenters. The van der Waals surface area contributed by atoms with Crippen LogP contribution >= 0.6 is 11.3 Å². The third-order valence-electron chi connectivity index (χ3n) is 2.56. The zero-order valence-corrected chi connectivity index (χ0v) is 10.7. The van der Waals surface area contributed by atoms with Crippen molar-refractivity contribution in [1.29, 1.82) is 0 Å². The average Bonchev–Trinajstić information content (AvgIpc) is 2.98. The molecule has 0 bridgehead atoms. The Morgan fingerprint density at radius 2 is 2.33 bits per heavy atom. The lowest BCUT2D eigenvalue weighted by Crippen LogP contribution is -2.07. The number of H-pyrrole nitrogens is 1. The van der Waals surface area contributed by atoms with E-state index in [1.165, 1.54) is 0 Å². The number of aromatic amines is 1. The summed E-state index contributed by atoms with van der Waals surface area (Å²) in [6.45, 7) is 2.67. The molecule has 0 aliphatic carbocycles. The summed E-state index contributed by atoms with van der Waals surface area (Å²) in [4.78, 5) is 11.8. The molecular formula is C11H12N6S. The molecule has 0 aromatic carbocycles. The maximum atomic E-state index is 4.42. The molecule has 0 saturated heterocycles. The lowest BCUT2D eigenvalue weighted by Gasteiger charge is -2.06. The molecule has 18 heavy (non-hydrogen) atoms. The molecule has 0 radical (unpaired) electrons. The minimum Gasteiger partial charge on any atom is -0.369 e. The van der Waals surface area contributed by atoms with Gasteiger partial charge in [0, 0.05) is 19.2 Å².